The van der Waals surface area contributed by atoms with E-state index in [9.17, 15) is 15.0 Å². The van der Waals surface area contributed by atoms with Crippen molar-refractivity contribution in [3.05, 3.63) is 11.6 Å². The van der Waals surface area contributed by atoms with Crippen LogP contribution < -0.4 is 5.32 Å². The number of allylic oxidation sites excluding steroid dienone is 2. The van der Waals surface area contributed by atoms with Crippen LogP contribution in [0.2, 0.25) is 0 Å². The molecule has 5 aliphatic carbocycles. The maximum atomic E-state index is 13.7. The number of amides is 1. The first-order valence-corrected chi connectivity index (χ1v) is 16.0. The van der Waals surface area contributed by atoms with Gasteiger partial charge in [0.15, 0.2) is 0 Å². The third-order valence-corrected chi connectivity index (χ3v) is 14.1. The van der Waals surface area contributed by atoms with Crippen molar-refractivity contribution in [1.29, 1.82) is 0 Å². The molecule has 3 N–H and O–H groups in total. The molecule has 0 aliphatic heterocycles. The maximum absolute atomic E-state index is 13.7. The van der Waals surface area contributed by atoms with Gasteiger partial charge in [-0.05, 0) is 111 Å². The quantitative estimate of drug-likeness (QED) is 0.271. The summed E-state index contributed by atoms with van der Waals surface area (Å²) in [5, 5.41) is 26.0. The van der Waals surface area contributed by atoms with E-state index in [1.165, 1.54) is 6.42 Å². The highest BCUT2D eigenvalue weighted by Gasteiger charge is 2.70. The Morgan fingerprint density at radius 2 is 1.61 bits per heavy atom. The van der Waals surface area contributed by atoms with E-state index in [1.54, 1.807) is 5.57 Å². The number of unbranched alkanes of at least 4 members (excludes halogenated alkanes) is 1. The molecule has 5 rings (SSSR count). The minimum absolute atomic E-state index is 0.0186. The predicted octanol–water partition coefficient (Wildman–Crippen LogP) is 7.04. The Morgan fingerprint density at radius 3 is 2.29 bits per heavy atom. The van der Waals surface area contributed by atoms with Crippen LogP contribution >= 0.6 is 0 Å². The molecule has 0 heterocycles. The maximum Gasteiger partial charge on any atom is 0.228 e. The first-order chi connectivity index (χ1) is 17.6. The summed E-state index contributed by atoms with van der Waals surface area (Å²) in [6.07, 6.45) is 13.1. The standard InChI is InChI=1S/C34H57NO3/c1-9-10-19-35-28(38)34(8)25-13-16-33(7)24(31(25,5)15-14-26(34)36)12-11-22-23-20-29(2,3)21-27(37)30(23,4)17-18-32(22,33)6/h11,23-27,36-37H,9-10,12-21H2,1-8H3,(H,35,38)/t23-,24-,25?,26+,27-,30-,31-,32-,33-,34+/m1/s1. The minimum atomic E-state index is -0.727. The van der Waals surface area contributed by atoms with E-state index in [-0.39, 0.29) is 45.0 Å². The number of fused-ring (bicyclic) bond motifs is 7. The van der Waals surface area contributed by atoms with Crippen LogP contribution in [0.15, 0.2) is 11.6 Å². The molecule has 5 aliphatic rings. The Labute approximate surface area is 232 Å². The van der Waals surface area contributed by atoms with E-state index >= 15 is 0 Å². The van der Waals surface area contributed by atoms with E-state index in [0.717, 1.165) is 57.8 Å². The zero-order valence-corrected chi connectivity index (χ0v) is 25.8. The molecule has 0 bridgehead atoms. The van der Waals surface area contributed by atoms with E-state index in [4.69, 9.17) is 0 Å². The van der Waals surface area contributed by atoms with Gasteiger partial charge < -0.3 is 15.5 Å². The number of aliphatic hydroxyl groups excluding tert-OH is 2. The van der Waals surface area contributed by atoms with Crippen molar-refractivity contribution in [2.45, 2.75) is 138 Å². The van der Waals surface area contributed by atoms with Gasteiger partial charge in [0, 0.05) is 12.0 Å². The molecule has 0 saturated heterocycles. The molecule has 10 atom stereocenters. The van der Waals surface area contributed by atoms with E-state index in [0.29, 0.717) is 24.8 Å². The summed E-state index contributed by atoms with van der Waals surface area (Å²) in [6, 6.07) is 0. The third-order valence-electron chi connectivity index (χ3n) is 14.1. The Hall–Kier alpha value is -0.870. The lowest BCUT2D eigenvalue weighted by atomic mass is 9.33. The third kappa shape index (κ3) is 3.70. The van der Waals surface area contributed by atoms with Gasteiger partial charge in [-0.1, -0.05) is 66.5 Å². The van der Waals surface area contributed by atoms with Crippen LogP contribution in [0.25, 0.3) is 0 Å². The SMILES string of the molecule is CCCCNC(=O)[C@@]1(C)C2CC[C@]3(C)[C@H](CC=C4[C@H]5CC(C)(C)C[C@@H](O)[C@]5(C)CC[C@]43C)[C@@]2(C)CC[C@@H]1O. The van der Waals surface area contributed by atoms with Crippen molar-refractivity contribution >= 4 is 5.91 Å². The van der Waals surface area contributed by atoms with Crippen LogP contribution in [0.1, 0.15) is 126 Å². The molecule has 1 unspecified atom stereocenters. The number of aliphatic hydroxyl groups is 2. The van der Waals surface area contributed by atoms with E-state index < -0.39 is 11.5 Å². The summed E-state index contributed by atoms with van der Waals surface area (Å²) in [7, 11) is 0. The first kappa shape index (κ1) is 28.7. The molecule has 0 aromatic heterocycles. The number of rotatable bonds is 4. The highest BCUT2D eigenvalue weighted by Crippen LogP contribution is 2.75. The van der Waals surface area contributed by atoms with Crippen LogP contribution in [0.5, 0.6) is 0 Å². The van der Waals surface area contributed by atoms with Gasteiger partial charge >= 0.3 is 0 Å². The van der Waals surface area contributed by atoms with E-state index in [1.807, 2.05) is 0 Å². The molecule has 0 spiro atoms. The van der Waals surface area contributed by atoms with Crippen LogP contribution in [-0.2, 0) is 4.79 Å². The van der Waals surface area contributed by atoms with Gasteiger partial charge in [-0.25, -0.2) is 0 Å². The van der Waals surface area contributed by atoms with Crippen LogP contribution in [0.4, 0.5) is 0 Å². The minimum Gasteiger partial charge on any atom is -0.393 e. The number of nitrogens with one attached hydrogen (secondary N) is 1. The summed E-state index contributed by atoms with van der Waals surface area (Å²) in [5.74, 6) is 1.22. The van der Waals surface area contributed by atoms with Gasteiger partial charge in [0.25, 0.3) is 0 Å². The number of hydrogen-bond donors (Lipinski definition) is 3. The number of carbonyl (C=O) groups excluding carboxylic acids is 1. The second-order valence-electron chi connectivity index (χ2n) is 16.4. The fourth-order valence-electron chi connectivity index (χ4n) is 11.2. The van der Waals surface area contributed by atoms with Gasteiger partial charge in [0.05, 0.1) is 17.6 Å². The van der Waals surface area contributed by atoms with Crippen LogP contribution in [-0.4, -0.2) is 34.9 Å². The molecular formula is C34H57NO3. The van der Waals surface area contributed by atoms with Crippen molar-refractivity contribution in [2.75, 3.05) is 6.54 Å². The first-order valence-electron chi connectivity index (χ1n) is 16.0. The van der Waals surface area contributed by atoms with Gasteiger partial charge in [-0.3, -0.25) is 4.79 Å². The average molecular weight is 528 g/mol. The lowest BCUT2D eigenvalue weighted by Gasteiger charge is -2.71. The fraction of sp³-hybridized carbons (Fsp3) is 0.912. The molecule has 38 heavy (non-hydrogen) atoms. The van der Waals surface area contributed by atoms with Crippen molar-refractivity contribution < 1.29 is 15.0 Å². The largest absolute Gasteiger partial charge is 0.393 e. The Kier molecular flexibility index (Phi) is 6.84. The van der Waals surface area contributed by atoms with E-state index in [2.05, 4.69) is 66.8 Å². The summed E-state index contributed by atoms with van der Waals surface area (Å²) in [4.78, 5) is 13.7. The summed E-state index contributed by atoms with van der Waals surface area (Å²) in [5.41, 5.74) is 1.38. The zero-order chi connectivity index (χ0) is 27.9. The highest BCUT2D eigenvalue weighted by molar-refractivity contribution is 5.83. The topological polar surface area (TPSA) is 69.6 Å². The van der Waals surface area contributed by atoms with Crippen LogP contribution in [0.3, 0.4) is 0 Å². The van der Waals surface area contributed by atoms with Crippen molar-refractivity contribution in [3.63, 3.8) is 0 Å². The fourth-order valence-corrected chi connectivity index (χ4v) is 11.2. The summed E-state index contributed by atoms with van der Waals surface area (Å²) < 4.78 is 0. The lowest BCUT2D eigenvalue weighted by molar-refractivity contribution is -0.211. The molecule has 4 heteroatoms. The Bertz CT molecular complexity index is 988. The van der Waals surface area contributed by atoms with Gasteiger partial charge in [-0.2, -0.15) is 0 Å². The smallest absolute Gasteiger partial charge is 0.228 e. The zero-order valence-electron chi connectivity index (χ0n) is 25.8. The average Bonchev–Trinajstić information content (AvgIpc) is 2.83. The van der Waals surface area contributed by atoms with Crippen molar-refractivity contribution in [1.82, 2.24) is 5.32 Å². The molecule has 1 amide bonds. The van der Waals surface area contributed by atoms with Crippen LogP contribution in [0, 0.1) is 50.2 Å². The Balaban J connectivity index is 1.52. The van der Waals surface area contributed by atoms with Gasteiger partial charge in [0.2, 0.25) is 5.91 Å². The molecule has 0 aromatic carbocycles. The lowest BCUT2D eigenvalue weighted by Crippen LogP contribution is -2.67. The summed E-state index contributed by atoms with van der Waals surface area (Å²) >= 11 is 0. The second kappa shape index (κ2) is 9.07. The monoisotopic (exact) mass is 527 g/mol. The molecule has 0 radical (unpaired) electrons. The molecular weight excluding hydrogens is 470 g/mol. The predicted molar refractivity (Wildman–Crippen MR) is 154 cm³/mol. The van der Waals surface area contributed by atoms with Crippen molar-refractivity contribution in [3.8, 4) is 0 Å². The second-order valence-corrected chi connectivity index (χ2v) is 16.4. The molecule has 4 saturated carbocycles. The van der Waals surface area contributed by atoms with Crippen molar-refractivity contribution in [2.24, 2.45) is 50.2 Å². The summed E-state index contributed by atoms with van der Waals surface area (Å²) in [6.45, 7) is 19.6. The Morgan fingerprint density at radius 1 is 0.895 bits per heavy atom. The molecule has 216 valence electrons. The molecule has 4 fully saturated rings. The van der Waals surface area contributed by atoms with Gasteiger partial charge in [-0.15, -0.1) is 0 Å². The number of carbonyl (C=O) groups is 1. The number of hydrogen-bond acceptors (Lipinski definition) is 3. The van der Waals surface area contributed by atoms with Gasteiger partial charge in [0.1, 0.15) is 0 Å². The normalized spacial score (nSPS) is 51.5. The molecule has 4 nitrogen and oxygen atoms in total. The molecule has 0 aromatic rings. The highest BCUT2D eigenvalue weighted by atomic mass is 16.3.